The summed E-state index contributed by atoms with van der Waals surface area (Å²) in [5.74, 6) is -1.26. The fourth-order valence-electron chi connectivity index (χ4n) is 1.81. The van der Waals surface area contributed by atoms with E-state index in [0.717, 1.165) is 24.3 Å². The molecule has 0 spiro atoms. The highest BCUT2D eigenvalue weighted by atomic mass is 35.5. The van der Waals surface area contributed by atoms with Gasteiger partial charge in [-0.25, -0.2) is 4.39 Å². The molecule has 0 radical (unpaired) electrons. The van der Waals surface area contributed by atoms with Gasteiger partial charge in [0.15, 0.2) is 5.78 Å². The molecule has 0 aliphatic carbocycles. The molecule has 21 heavy (non-hydrogen) atoms. The van der Waals surface area contributed by atoms with E-state index in [1.165, 1.54) is 18.2 Å². The molecule has 0 saturated carbocycles. The van der Waals surface area contributed by atoms with Gasteiger partial charge in [0.2, 0.25) is 0 Å². The standard InChI is InChI=1S/C15H9ClF4O/c16-12-5-4-9(13(17)8-12)7-14(21)10-2-1-3-11(6-10)15(18,19)20/h1-6,8H,7H2. The first kappa shape index (κ1) is 15.5. The molecular weight excluding hydrogens is 308 g/mol. The number of hydrogen-bond donors (Lipinski definition) is 0. The molecule has 2 aromatic rings. The lowest BCUT2D eigenvalue weighted by molar-refractivity contribution is -0.137. The third-order valence-corrected chi connectivity index (χ3v) is 3.11. The van der Waals surface area contributed by atoms with Crippen molar-refractivity contribution in [2.45, 2.75) is 12.6 Å². The highest BCUT2D eigenvalue weighted by molar-refractivity contribution is 6.30. The molecule has 0 N–H and O–H groups in total. The van der Waals surface area contributed by atoms with Crippen molar-refractivity contribution in [3.8, 4) is 0 Å². The van der Waals surface area contributed by atoms with E-state index in [9.17, 15) is 22.4 Å². The van der Waals surface area contributed by atoms with E-state index in [4.69, 9.17) is 11.6 Å². The molecule has 2 rings (SSSR count). The van der Waals surface area contributed by atoms with Crippen LogP contribution >= 0.6 is 11.6 Å². The Hall–Kier alpha value is -1.88. The minimum atomic E-state index is -4.53. The molecule has 6 heteroatoms. The maximum absolute atomic E-state index is 13.6. The van der Waals surface area contributed by atoms with Crippen molar-refractivity contribution < 1.29 is 22.4 Å². The number of alkyl halides is 3. The lowest BCUT2D eigenvalue weighted by atomic mass is 10.0. The summed E-state index contributed by atoms with van der Waals surface area (Å²) in [6.07, 6.45) is -4.86. The van der Waals surface area contributed by atoms with Crippen molar-refractivity contribution in [1.29, 1.82) is 0 Å². The van der Waals surface area contributed by atoms with Gasteiger partial charge in [0, 0.05) is 17.0 Å². The Bertz CT molecular complexity index is 680. The molecule has 0 aromatic heterocycles. The molecular formula is C15H9ClF4O. The lowest BCUT2D eigenvalue weighted by Gasteiger charge is -2.08. The highest BCUT2D eigenvalue weighted by Crippen LogP contribution is 2.29. The van der Waals surface area contributed by atoms with Crippen molar-refractivity contribution in [1.82, 2.24) is 0 Å². The molecule has 0 aliphatic rings. The van der Waals surface area contributed by atoms with E-state index < -0.39 is 23.3 Å². The van der Waals surface area contributed by atoms with Crippen molar-refractivity contribution in [3.05, 3.63) is 70.0 Å². The van der Waals surface area contributed by atoms with Crippen LogP contribution in [0.1, 0.15) is 21.5 Å². The number of hydrogen-bond acceptors (Lipinski definition) is 1. The lowest BCUT2D eigenvalue weighted by Crippen LogP contribution is -2.09. The second kappa shape index (κ2) is 5.85. The molecule has 0 amide bonds. The molecule has 0 fully saturated rings. The van der Waals surface area contributed by atoms with Crippen LogP contribution in [0.25, 0.3) is 0 Å². The zero-order valence-electron chi connectivity index (χ0n) is 10.5. The van der Waals surface area contributed by atoms with Gasteiger partial charge in [0.05, 0.1) is 5.56 Å². The van der Waals surface area contributed by atoms with E-state index in [1.807, 2.05) is 0 Å². The molecule has 2 aromatic carbocycles. The van der Waals surface area contributed by atoms with Crippen molar-refractivity contribution in [2.24, 2.45) is 0 Å². The van der Waals surface area contributed by atoms with Crippen LogP contribution in [0.15, 0.2) is 42.5 Å². The second-order valence-corrected chi connectivity index (χ2v) is 4.85. The molecule has 0 bridgehead atoms. The number of benzene rings is 2. The number of carbonyl (C=O) groups is 1. The molecule has 0 heterocycles. The van der Waals surface area contributed by atoms with Gasteiger partial charge < -0.3 is 0 Å². The van der Waals surface area contributed by atoms with Crippen LogP contribution in [0.5, 0.6) is 0 Å². The van der Waals surface area contributed by atoms with Crippen molar-refractivity contribution in [2.75, 3.05) is 0 Å². The summed E-state index contributed by atoms with van der Waals surface area (Å²) in [6, 6.07) is 7.86. The maximum Gasteiger partial charge on any atom is 0.416 e. The Morgan fingerprint density at radius 2 is 1.81 bits per heavy atom. The van der Waals surface area contributed by atoms with Crippen molar-refractivity contribution >= 4 is 17.4 Å². The Balaban J connectivity index is 2.25. The molecule has 0 saturated heterocycles. The van der Waals surface area contributed by atoms with E-state index in [2.05, 4.69) is 0 Å². The monoisotopic (exact) mass is 316 g/mol. The van der Waals surface area contributed by atoms with Gasteiger partial charge in [-0.2, -0.15) is 13.2 Å². The van der Waals surface area contributed by atoms with Gasteiger partial charge in [0.25, 0.3) is 0 Å². The number of Topliss-reactive ketones (excluding diaryl/α,β-unsaturated/α-hetero) is 1. The Morgan fingerprint density at radius 3 is 2.43 bits per heavy atom. The first-order valence-corrected chi connectivity index (χ1v) is 6.29. The highest BCUT2D eigenvalue weighted by Gasteiger charge is 2.30. The Kier molecular flexibility index (Phi) is 4.32. The van der Waals surface area contributed by atoms with E-state index >= 15 is 0 Å². The van der Waals surface area contributed by atoms with E-state index in [-0.39, 0.29) is 22.6 Å². The van der Waals surface area contributed by atoms with Crippen molar-refractivity contribution in [3.63, 3.8) is 0 Å². The first-order chi connectivity index (χ1) is 9.77. The zero-order valence-corrected chi connectivity index (χ0v) is 11.3. The van der Waals surface area contributed by atoms with E-state index in [0.29, 0.717) is 0 Å². The van der Waals surface area contributed by atoms with Crippen LogP contribution in [0, 0.1) is 5.82 Å². The van der Waals surface area contributed by atoms with Gasteiger partial charge in [-0.1, -0.05) is 29.8 Å². The van der Waals surface area contributed by atoms with Gasteiger partial charge in [-0.05, 0) is 29.8 Å². The summed E-state index contributed by atoms with van der Waals surface area (Å²) in [7, 11) is 0. The third-order valence-electron chi connectivity index (χ3n) is 2.88. The van der Waals surface area contributed by atoms with Crippen LogP contribution < -0.4 is 0 Å². The minimum absolute atomic E-state index is 0.0850. The fraction of sp³-hybridized carbons (Fsp3) is 0.133. The van der Waals surface area contributed by atoms with Crippen LogP contribution in [0.2, 0.25) is 5.02 Å². The van der Waals surface area contributed by atoms with Crippen LogP contribution in [-0.2, 0) is 12.6 Å². The van der Waals surface area contributed by atoms with Gasteiger partial charge in [-0.3, -0.25) is 4.79 Å². The SMILES string of the molecule is O=C(Cc1ccc(Cl)cc1F)c1cccc(C(F)(F)F)c1. The maximum atomic E-state index is 13.6. The summed E-state index contributed by atoms with van der Waals surface area (Å²) in [4.78, 5) is 12.0. The third kappa shape index (κ3) is 3.82. The number of ketones is 1. The molecule has 0 aliphatic heterocycles. The normalized spacial score (nSPS) is 11.5. The van der Waals surface area contributed by atoms with Crippen LogP contribution in [-0.4, -0.2) is 5.78 Å². The molecule has 1 nitrogen and oxygen atoms in total. The second-order valence-electron chi connectivity index (χ2n) is 4.41. The Labute approximate surface area is 123 Å². The number of halogens is 5. The average molecular weight is 317 g/mol. The summed E-state index contributed by atoms with van der Waals surface area (Å²) < 4.78 is 51.3. The minimum Gasteiger partial charge on any atom is -0.294 e. The molecule has 0 atom stereocenters. The summed E-state index contributed by atoms with van der Waals surface area (Å²) >= 11 is 5.59. The fourth-order valence-corrected chi connectivity index (χ4v) is 1.97. The summed E-state index contributed by atoms with van der Waals surface area (Å²) in [5, 5.41) is 0.183. The summed E-state index contributed by atoms with van der Waals surface area (Å²) in [6.45, 7) is 0. The number of carbonyl (C=O) groups excluding carboxylic acids is 1. The average Bonchev–Trinajstić information content (AvgIpc) is 2.41. The van der Waals surface area contributed by atoms with Gasteiger partial charge in [0.1, 0.15) is 5.82 Å². The predicted molar refractivity (Wildman–Crippen MR) is 70.9 cm³/mol. The van der Waals surface area contributed by atoms with Gasteiger partial charge in [-0.15, -0.1) is 0 Å². The van der Waals surface area contributed by atoms with Crippen LogP contribution in [0.3, 0.4) is 0 Å². The summed E-state index contributed by atoms with van der Waals surface area (Å²) in [5.41, 5.74) is -0.939. The van der Waals surface area contributed by atoms with Crippen LogP contribution in [0.4, 0.5) is 17.6 Å². The quantitative estimate of drug-likeness (QED) is 0.580. The Morgan fingerprint density at radius 1 is 1.10 bits per heavy atom. The predicted octanol–water partition coefficient (Wildman–Crippen LogP) is 4.92. The molecule has 0 unspecified atom stereocenters. The smallest absolute Gasteiger partial charge is 0.294 e. The van der Waals surface area contributed by atoms with E-state index in [1.54, 1.807) is 0 Å². The number of rotatable bonds is 3. The first-order valence-electron chi connectivity index (χ1n) is 5.92. The van der Waals surface area contributed by atoms with Gasteiger partial charge >= 0.3 is 6.18 Å². The molecule has 110 valence electrons. The topological polar surface area (TPSA) is 17.1 Å². The largest absolute Gasteiger partial charge is 0.416 e. The zero-order chi connectivity index (χ0) is 15.6.